The Morgan fingerprint density at radius 1 is 1.09 bits per heavy atom. The molecule has 2 atom stereocenters. The van der Waals surface area contributed by atoms with Gasteiger partial charge in [0.1, 0.15) is 6.04 Å². The SMILES string of the molecule is CN=C(N)NCCC[C@H](NC(=O)CCCCC1CCCCC1)C(=O)N[C@@H](CC(C)C)B(O)O. The lowest BCUT2D eigenvalue weighted by atomic mass is 9.75. The zero-order valence-corrected chi connectivity index (χ0v) is 20.8. The van der Waals surface area contributed by atoms with E-state index in [1.165, 1.54) is 38.5 Å². The highest BCUT2D eigenvalue weighted by Gasteiger charge is 2.29. The van der Waals surface area contributed by atoms with E-state index in [9.17, 15) is 19.6 Å². The Hall–Kier alpha value is -1.81. The van der Waals surface area contributed by atoms with E-state index in [-0.39, 0.29) is 11.8 Å². The molecule has 0 bridgehead atoms. The highest BCUT2D eigenvalue weighted by Crippen LogP contribution is 2.27. The number of carbonyl (C=O) groups excluding carboxylic acids is 2. The maximum Gasteiger partial charge on any atom is 0.475 e. The van der Waals surface area contributed by atoms with Gasteiger partial charge < -0.3 is 31.7 Å². The molecule has 1 aliphatic rings. The molecule has 7 N–H and O–H groups in total. The van der Waals surface area contributed by atoms with Gasteiger partial charge in [0.2, 0.25) is 11.8 Å². The van der Waals surface area contributed by atoms with Crippen molar-refractivity contribution in [2.75, 3.05) is 13.6 Å². The van der Waals surface area contributed by atoms with Gasteiger partial charge in [-0.1, -0.05) is 58.8 Å². The summed E-state index contributed by atoms with van der Waals surface area (Å²) in [6.45, 7) is 4.40. The normalized spacial score (nSPS) is 16.8. The van der Waals surface area contributed by atoms with Crippen LogP contribution in [0.1, 0.15) is 90.9 Å². The predicted molar refractivity (Wildman–Crippen MR) is 133 cm³/mol. The quantitative estimate of drug-likeness (QED) is 0.0930. The van der Waals surface area contributed by atoms with Crippen molar-refractivity contribution < 1.29 is 19.6 Å². The summed E-state index contributed by atoms with van der Waals surface area (Å²) in [5.41, 5.74) is 5.63. The van der Waals surface area contributed by atoms with Gasteiger partial charge in [0.15, 0.2) is 5.96 Å². The van der Waals surface area contributed by atoms with Crippen LogP contribution in [0.4, 0.5) is 0 Å². The van der Waals surface area contributed by atoms with Gasteiger partial charge in [-0.3, -0.25) is 14.6 Å². The minimum atomic E-state index is -1.66. The zero-order valence-electron chi connectivity index (χ0n) is 20.8. The topological polar surface area (TPSA) is 149 Å². The van der Waals surface area contributed by atoms with Crippen LogP contribution >= 0.6 is 0 Å². The molecular formula is C23H46BN5O4. The summed E-state index contributed by atoms with van der Waals surface area (Å²) in [4.78, 5) is 29.3. The number of guanidine groups is 1. The van der Waals surface area contributed by atoms with Gasteiger partial charge in [0.25, 0.3) is 0 Å². The van der Waals surface area contributed by atoms with Gasteiger partial charge >= 0.3 is 7.12 Å². The monoisotopic (exact) mass is 467 g/mol. The second-order valence-electron chi connectivity index (χ2n) is 9.71. The van der Waals surface area contributed by atoms with Gasteiger partial charge in [-0.25, -0.2) is 0 Å². The molecule has 1 fully saturated rings. The maximum atomic E-state index is 12.9. The van der Waals surface area contributed by atoms with Crippen LogP contribution in [0.3, 0.4) is 0 Å². The fraction of sp³-hybridized carbons (Fsp3) is 0.870. The molecule has 0 aromatic rings. The number of amides is 2. The van der Waals surface area contributed by atoms with Crippen molar-refractivity contribution in [2.45, 2.75) is 103 Å². The molecular weight excluding hydrogens is 421 g/mol. The molecule has 0 spiro atoms. The lowest BCUT2D eigenvalue weighted by Gasteiger charge is -2.24. The third-order valence-corrected chi connectivity index (χ3v) is 6.27. The molecule has 1 aliphatic carbocycles. The molecule has 0 saturated heterocycles. The predicted octanol–water partition coefficient (Wildman–Crippen LogP) is 1.47. The van der Waals surface area contributed by atoms with Crippen molar-refractivity contribution in [3.63, 3.8) is 0 Å². The number of carbonyl (C=O) groups is 2. The Morgan fingerprint density at radius 2 is 1.79 bits per heavy atom. The average Bonchev–Trinajstić information content (AvgIpc) is 2.78. The zero-order chi connectivity index (χ0) is 24.6. The lowest BCUT2D eigenvalue weighted by Crippen LogP contribution is -2.54. The molecule has 0 aliphatic heterocycles. The second-order valence-corrected chi connectivity index (χ2v) is 9.71. The Balaban J connectivity index is 2.55. The van der Waals surface area contributed by atoms with E-state index in [2.05, 4.69) is 20.9 Å². The average molecular weight is 467 g/mol. The molecule has 2 amide bonds. The first kappa shape index (κ1) is 29.2. The summed E-state index contributed by atoms with van der Waals surface area (Å²) in [6, 6.07) is -0.745. The van der Waals surface area contributed by atoms with Gasteiger partial charge in [0.05, 0.1) is 5.94 Å². The molecule has 0 unspecified atom stereocenters. The van der Waals surface area contributed by atoms with Gasteiger partial charge in [-0.2, -0.15) is 0 Å². The standard InChI is InChI=1S/C23H46BN5O4/c1-17(2)16-20(24(32)33)29-22(31)19(13-9-15-27-23(25)26-3)28-21(30)14-8-7-12-18-10-5-4-6-11-18/h17-20,32-33H,4-16H2,1-3H3,(H,28,30)(H,29,31)(H3,25,26,27)/t19-,20-/m0/s1. The van der Waals surface area contributed by atoms with E-state index in [4.69, 9.17) is 5.73 Å². The second kappa shape index (κ2) is 16.8. The smallest absolute Gasteiger partial charge is 0.426 e. The number of unbranched alkanes of at least 4 members (excludes halogenated alkanes) is 1. The first-order chi connectivity index (χ1) is 15.7. The molecule has 9 nitrogen and oxygen atoms in total. The highest BCUT2D eigenvalue weighted by molar-refractivity contribution is 6.43. The number of nitrogens with two attached hydrogens (primary N) is 1. The Kier molecular flexibility index (Phi) is 14.8. The van der Waals surface area contributed by atoms with Crippen LogP contribution in [0.2, 0.25) is 0 Å². The summed E-state index contributed by atoms with van der Waals surface area (Å²) in [5.74, 6) is -0.0379. The molecule has 33 heavy (non-hydrogen) atoms. The molecule has 10 heteroatoms. The fourth-order valence-electron chi connectivity index (χ4n) is 4.38. The lowest BCUT2D eigenvalue weighted by molar-refractivity contribution is -0.129. The van der Waals surface area contributed by atoms with Crippen LogP contribution in [0.5, 0.6) is 0 Å². The van der Waals surface area contributed by atoms with Crippen LogP contribution in [0.25, 0.3) is 0 Å². The van der Waals surface area contributed by atoms with Crippen molar-refractivity contribution in [2.24, 2.45) is 22.6 Å². The largest absolute Gasteiger partial charge is 0.475 e. The third kappa shape index (κ3) is 13.5. The van der Waals surface area contributed by atoms with Crippen molar-refractivity contribution >= 4 is 24.9 Å². The number of rotatable bonds is 15. The number of hydrogen-bond acceptors (Lipinski definition) is 5. The van der Waals surface area contributed by atoms with Gasteiger partial charge in [-0.05, 0) is 37.5 Å². The number of aliphatic imine (C=N–C) groups is 1. The first-order valence-electron chi connectivity index (χ1n) is 12.6. The maximum absolute atomic E-state index is 12.9. The van der Waals surface area contributed by atoms with Crippen molar-refractivity contribution in [3.8, 4) is 0 Å². The molecule has 1 saturated carbocycles. The van der Waals surface area contributed by atoms with Gasteiger partial charge in [-0.15, -0.1) is 0 Å². The van der Waals surface area contributed by atoms with E-state index >= 15 is 0 Å². The molecule has 1 rings (SSSR count). The van der Waals surface area contributed by atoms with Crippen molar-refractivity contribution in [1.82, 2.24) is 16.0 Å². The summed E-state index contributed by atoms with van der Waals surface area (Å²) in [5, 5.41) is 27.8. The molecule has 0 heterocycles. The molecule has 0 radical (unpaired) electrons. The van der Waals surface area contributed by atoms with Crippen LogP contribution in [-0.4, -0.2) is 60.5 Å². The Labute approximate surface area is 199 Å². The third-order valence-electron chi connectivity index (χ3n) is 6.27. The van der Waals surface area contributed by atoms with E-state index < -0.39 is 25.0 Å². The van der Waals surface area contributed by atoms with Crippen LogP contribution in [0, 0.1) is 11.8 Å². The Morgan fingerprint density at radius 3 is 2.39 bits per heavy atom. The minimum Gasteiger partial charge on any atom is -0.426 e. The van der Waals surface area contributed by atoms with Crippen LogP contribution in [-0.2, 0) is 9.59 Å². The number of nitrogens with one attached hydrogen (secondary N) is 3. The first-order valence-corrected chi connectivity index (χ1v) is 12.6. The summed E-state index contributed by atoms with van der Waals surface area (Å²) in [7, 11) is -0.0722. The number of hydrogen-bond donors (Lipinski definition) is 6. The summed E-state index contributed by atoms with van der Waals surface area (Å²) >= 11 is 0. The van der Waals surface area contributed by atoms with Gasteiger partial charge in [0, 0.05) is 20.0 Å². The van der Waals surface area contributed by atoms with E-state index in [1.807, 2.05) is 13.8 Å². The van der Waals surface area contributed by atoms with E-state index in [1.54, 1.807) is 7.05 Å². The van der Waals surface area contributed by atoms with E-state index in [0.717, 1.165) is 18.8 Å². The molecule has 190 valence electrons. The van der Waals surface area contributed by atoms with Crippen LogP contribution in [0.15, 0.2) is 4.99 Å². The molecule has 0 aromatic carbocycles. The molecule has 0 aromatic heterocycles. The fourth-order valence-corrected chi connectivity index (χ4v) is 4.38. The van der Waals surface area contributed by atoms with Crippen molar-refractivity contribution in [1.29, 1.82) is 0 Å². The van der Waals surface area contributed by atoms with Crippen LogP contribution < -0.4 is 21.7 Å². The summed E-state index contributed by atoms with van der Waals surface area (Å²) in [6.07, 6.45) is 11.4. The van der Waals surface area contributed by atoms with Crippen molar-refractivity contribution in [3.05, 3.63) is 0 Å². The Bertz CT molecular complexity index is 597. The number of nitrogens with zero attached hydrogens (tertiary/aromatic N) is 1. The summed E-state index contributed by atoms with van der Waals surface area (Å²) < 4.78 is 0. The van der Waals surface area contributed by atoms with E-state index in [0.29, 0.717) is 38.2 Å². The highest BCUT2D eigenvalue weighted by atomic mass is 16.4. The minimum absolute atomic E-state index is 0.147.